The Kier molecular flexibility index (Phi) is 4.94. The van der Waals surface area contributed by atoms with Crippen LogP contribution in [0.15, 0.2) is 41.5 Å². The molecule has 0 fully saturated rings. The van der Waals surface area contributed by atoms with Gasteiger partial charge in [-0.1, -0.05) is 29.8 Å². The SMILES string of the molecule is Cn1ncc2cnn(C[C@H](O)COCc3ccccc3Cl)c2c1=O. The molecule has 0 saturated heterocycles. The highest BCUT2D eigenvalue weighted by atomic mass is 35.5. The zero-order chi connectivity index (χ0) is 17.1. The Labute approximate surface area is 143 Å². The number of hydrogen-bond donors (Lipinski definition) is 1. The molecule has 0 aliphatic carbocycles. The van der Waals surface area contributed by atoms with Crippen molar-refractivity contribution in [2.24, 2.45) is 7.05 Å². The quantitative estimate of drug-likeness (QED) is 0.727. The van der Waals surface area contributed by atoms with Crippen molar-refractivity contribution in [2.75, 3.05) is 6.61 Å². The number of halogens is 1. The van der Waals surface area contributed by atoms with E-state index in [0.29, 0.717) is 22.5 Å². The lowest BCUT2D eigenvalue weighted by Crippen LogP contribution is -2.26. The molecule has 0 aliphatic rings. The summed E-state index contributed by atoms with van der Waals surface area (Å²) in [4.78, 5) is 12.1. The van der Waals surface area contributed by atoms with Gasteiger partial charge in [0.15, 0.2) is 0 Å². The molecule has 7 nitrogen and oxygen atoms in total. The maximum atomic E-state index is 12.1. The van der Waals surface area contributed by atoms with Gasteiger partial charge in [0.05, 0.1) is 38.3 Å². The average Bonchev–Trinajstić information content (AvgIpc) is 2.96. The number of aliphatic hydroxyl groups excluding tert-OH is 1. The first kappa shape index (κ1) is 16.6. The lowest BCUT2D eigenvalue weighted by atomic mass is 10.2. The lowest BCUT2D eigenvalue weighted by Gasteiger charge is -2.12. The van der Waals surface area contributed by atoms with Gasteiger partial charge in [-0.15, -0.1) is 0 Å². The molecule has 3 aromatic rings. The summed E-state index contributed by atoms with van der Waals surface area (Å²) in [5.74, 6) is 0. The molecule has 0 unspecified atom stereocenters. The number of benzene rings is 1. The molecule has 0 spiro atoms. The molecule has 0 aliphatic heterocycles. The Morgan fingerprint density at radius 2 is 2.04 bits per heavy atom. The molecule has 0 radical (unpaired) electrons. The fourth-order valence-corrected chi connectivity index (χ4v) is 2.58. The van der Waals surface area contributed by atoms with E-state index in [9.17, 15) is 9.90 Å². The molecule has 1 aromatic carbocycles. The van der Waals surface area contributed by atoms with Crippen molar-refractivity contribution in [3.63, 3.8) is 0 Å². The number of hydrogen-bond acceptors (Lipinski definition) is 5. The molecule has 1 atom stereocenters. The van der Waals surface area contributed by atoms with Gasteiger partial charge < -0.3 is 9.84 Å². The number of aromatic nitrogens is 4. The minimum absolute atomic E-state index is 0.109. The molecule has 1 N–H and O–H groups in total. The van der Waals surface area contributed by atoms with Gasteiger partial charge in [-0.05, 0) is 11.6 Å². The predicted octanol–water partition coefficient (Wildman–Crippen LogP) is 1.36. The average molecular weight is 349 g/mol. The fourth-order valence-electron chi connectivity index (χ4n) is 2.39. The molecule has 126 valence electrons. The third kappa shape index (κ3) is 3.48. The van der Waals surface area contributed by atoms with Crippen molar-refractivity contribution in [2.45, 2.75) is 19.3 Å². The van der Waals surface area contributed by atoms with Gasteiger partial charge >= 0.3 is 0 Å². The van der Waals surface area contributed by atoms with Crippen molar-refractivity contribution in [1.82, 2.24) is 19.6 Å². The number of nitrogens with zero attached hydrogens (tertiary/aromatic N) is 4. The van der Waals surface area contributed by atoms with Crippen molar-refractivity contribution in [1.29, 1.82) is 0 Å². The van der Waals surface area contributed by atoms with E-state index < -0.39 is 6.10 Å². The minimum atomic E-state index is -0.798. The van der Waals surface area contributed by atoms with Crippen LogP contribution in [0.2, 0.25) is 5.02 Å². The number of fused-ring (bicyclic) bond motifs is 1. The third-order valence-electron chi connectivity index (χ3n) is 3.64. The first-order chi connectivity index (χ1) is 11.6. The van der Waals surface area contributed by atoms with Crippen LogP contribution in [-0.4, -0.2) is 37.4 Å². The van der Waals surface area contributed by atoms with Crippen LogP contribution >= 0.6 is 11.6 Å². The molecule has 0 bridgehead atoms. The Balaban J connectivity index is 1.63. The highest BCUT2D eigenvalue weighted by Crippen LogP contribution is 2.16. The first-order valence-electron chi connectivity index (χ1n) is 7.43. The maximum Gasteiger partial charge on any atom is 0.292 e. The van der Waals surface area contributed by atoms with Crippen LogP contribution < -0.4 is 5.56 Å². The Morgan fingerprint density at radius 1 is 1.29 bits per heavy atom. The van der Waals surface area contributed by atoms with Gasteiger partial charge in [-0.25, -0.2) is 4.68 Å². The van der Waals surface area contributed by atoms with Gasteiger partial charge in [0.25, 0.3) is 5.56 Å². The topological polar surface area (TPSA) is 82.2 Å². The van der Waals surface area contributed by atoms with Crippen LogP contribution in [0.1, 0.15) is 5.56 Å². The third-order valence-corrected chi connectivity index (χ3v) is 4.01. The summed E-state index contributed by atoms with van der Waals surface area (Å²) < 4.78 is 8.22. The standard InChI is InChI=1S/C16H17ClN4O3/c1-20-16(23)15-12(6-18-20)7-19-21(15)8-13(22)10-24-9-11-4-2-3-5-14(11)17/h2-7,13,22H,8-10H2,1H3/t13-/m0/s1. The molecule has 8 heteroatoms. The van der Waals surface area contributed by atoms with E-state index in [0.717, 1.165) is 5.56 Å². The summed E-state index contributed by atoms with van der Waals surface area (Å²) >= 11 is 6.05. The molecule has 3 rings (SSSR count). The molecular weight excluding hydrogens is 332 g/mol. The number of ether oxygens (including phenoxy) is 1. The second-order valence-corrected chi connectivity index (χ2v) is 5.87. The first-order valence-corrected chi connectivity index (χ1v) is 7.81. The Morgan fingerprint density at radius 3 is 2.83 bits per heavy atom. The summed E-state index contributed by atoms with van der Waals surface area (Å²) in [7, 11) is 1.57. The van der Waals surface area contributed by atoms with Gasteiger partial charge in [0, 0.05) is 17.5 Å². The molecule has 2 heterocycles. The summed E-state index contributed by atoms with van der Waals surface area (Å²) in [5, 5.41) is 19.5. The van der Waals surface area contributed by atoms with E-state index in [-0.39, 0.29) is 18.7 Å². The lowest BCUT2D eigenvalue weighted by molar-refractivity contribution is 0.0193. The number of aliphatic hydroxyl groups is 1. The van der Waals surface area contributed by atoms with Crippen molar-refractivity contribution < 1.29 is 9.84 Å². The van der Waals surface area contributed by atoms with Crippen LogP contribution in [0, 0.1) is 0 Å². The maximum absolute atomic E-state index is 12.1. The highest BCUT2D eigenvalue weighted by Gasteiger charge is 2.13. The van der Waals surface area contributed by atoms with E-state index >= 15 is 0 Å². The molecule has 2 aromatic heterocycles. The van der Waals surface area contributed by atoms with Crippen molar-refractivity contribution in [3.8, 4) is 0 Å². The zero-order valence-electron chi connectivity index (χ0n) is 13.1. The zero-order valence-corrected chi connectivity index (χ0v) is 13.8. The second kappa shape index (κ2) is 7.12. The van der Waals surface area contributed by atoms with E-state index in [1.807, 2.05) is 18.2 Å². The molecule has 0 amide bonds. The van der Waals surface area contributed by atoms with Crippen molar-refractivity contribution >= 4 is 22.5 Å². The van der Waals surface area contributed by atoms with Crippen LogP contribution in [0.3, 0.4) is 0 Å². The summed E-state index contributed by atoms with van der Waals surface area (Å²) in [5.41, 5.74) is 1.02. The number of rotatable bonds is 6. The van der Waals surface area contributed by atoms with Crippen LogP contribution in [0.5, 0.6) is 0 Å². The van der Waals surface area contributed by atoms with Crippen LogP contribution in [-0.2, 0) is 24.9 Å². The Bertz CT molecular complexity index is 906. The van der Waals surface area contributed by atoms with Crippen LogP contribution in [0.25, 0.3) is 10.9 Å². The van der Waals surface area contributed by atoms with E-state index in [2.05, 4.69) is 10.2 Å². The number of aryl methyl sites for hydroxylation is 1. The smallest absolute Gasteiger partial charge is 0.292 e. The van der Waals surface area contributed by atoms with Gasteiger partial charge in [0.2, 0.25) is 0 Å². The van der Waals surface area contributed by atoms with Gasteiger partial charge in [-0.2, -0.15) is 10.2 Å². The highest BCUT2D eigenvalue weighted by molar-refractivity contribution is 6.31. The Hall–Kier alpha value is -2.22. The summed E-state index contributed by atoms with van der Waals surface area (Å²) in [6, 6.07) is 7.38. The van der Waals surface area contributed by atoms with Crippen LogP contribution in [0.4, 0.5) is 0 Å². The minimum Gasteiger partial charge on any atom is -0.389 e. The molecule has 0 saturated carbocycles. The van der Waals surface area contributed by atoms with Gasteiger partial charge in [0.1, 0.15) is 5.52 Å². The van der Waals surface area contributed by atoms with E-state index in [1.54, 1.807) is 25.5 Å². The van der Waals surface area contributed by atoms with Gasteiger partial charge in [-0.3, -0.25) is 9.48 Å². The fraction of sp³-hybridized carbons (Fsp3) is 0.312. The normalized spacial score (nSPS) is 12.6. The van der Waals surface area contributed by atoms with E-state index in [1.165, 1.54) is 9.36 Å². The largest absolute Gasteiger partial charge is 0.389 e. The van der Waals surface area contributed by atoms with E-state index in [4.69, 9.17) is 16.3 Å². The second-order valence-electron chi connectivity index (χ2n) is 5.46. The predicted molar refractivity (Wildman–Crippen MR) is 89.9 cm³/mol. The molecular formula is C16H17ClN4O3. The van der Waals surface area contributed by atoms with Crippen molar-refractivity contribution in [3.05, 3.63) is 57.6 Å². The summed E-state index contributed by atoms with van der Waals surface area (Å²) in [6.07, 6.45) is 2.33. The molecule has 24 heavy (non-hydrogen) atoms. The summed E-state index contributed by atoms with van der Waals surface area (Å²) in [6.45, 7) is 0.575. The monoisotopic (exact) mass is 348 g/mol.